The zero-order valence-electron chi connectivity index (χ0n) is 6.52. The van der Waals surface area contributed by atoms with Crippen LogP contribution in [0.4, 0.5) is 4.39 Å². The largest absolute Gasteiger partial charge is 0.212 e. The molecule has 1 unspecified atom stereocenters. The zero-order valence-corrected chi connectivity index (χ0v) is 6.52. The molecular weight excluding hydrogens is 127 g/mol. The summed E-state index contributed by atoms with van der Waals surface area (Å²) in [7, 11) is 0. The zero-order chi connectivity index (χ0) is 7.56. The van der Waals surface area contributed by atoms with Crippen LogP contribution in [0.1, 0.15) is 26.7 Å². The minimum atomic E-state index is 0.0411. The molecule has 0 aromatic rings. The second kappa shape index (κ2) is 3.00. The molecule has 1 atom stereocenters. The van der Waals surface area contributed by atoms with Gasteiger partial charge in [-0.2, -0.15) is 0 Å². The monoisotopic (exact) mass is 140 g/mol. The van der Waals surface area contributed by atoms with Crippen molar-refractivity contribution in [3.05, 3.63) is 23.6 Å². The number of rotatable bonds is 1. The Bertz CT molecular complexity index is 177. The van der Waals surface area contributed by atoms with Gasteiger partial charge in [-0.25, -0.2) is 4.39 Å². The molecule has 1 heteroatoms. The lowest BCUT2D eigenvalue weighted by molar-refractivity contribution is 0.487. The van der Waals surface area contributed by atoms with E-state index in [9.17, 15) is 4.39 Å². The quantitative estimate of drug-likeness (QED) is 0.524. The molecule has 0 bridgehead atoms. The van der Waals surface area contributed by atoms with Crippen LogP contribution in [0.5, 0.6) is 0 Å². The van der Waals surface area contributed by atoms with Crippen LogP contribution in [0.15, 0.2) is 23.6 Å². The second-order valence-corrected chi connectivity index (χ2v) is 2.80. The van der Waals surface area contributed by atoms with Gasteiger partial charge in [-0.15, -0.1) is 0 Å². The van der Waals surface area contributed by atoms with Gasteiger partial charge in [0.15, 0.2) is 0 Å². The fourth-order valence-electron chi connectivity index (χ4n) is 1.07. The average Bonchev–Trinajstić information content (AvgIpc) is 1.95. The van der Waals surface area contributed by atoms with Crippen molar-refractivity contribution in [2.45, 2.75) is 26.7 Å². The number of hydrogen-bond acceptors (Lipinski definition) is 0. The molecule has 0 radical (unpaired) electrons. The van der Waals surface area contributed by atoms with E-state index in [1.165, 1.54) is 0 Å². The van der Waals surface area contributed by atoms with Gasteiger partial charge in [-0.3, -0.25) is 0 Å². The molecule has 0 spiro atoms. The third-order valence-corrected chi connectivity index (χ3v) is 1.94. The smallest absolute Gasteiger partial charge is 0.103 e. The van der Waals surface area contributed by atoms with E-state index in [1.807, 2.05) is 13.8 Å². The standard InChI is InChI=1S/C9H13F/c1-3-8-5-4-7(2)9(10)6-8/h5-7H,3-4H2,1-2H3. The molecule has 1 aliphatic rings. The average molecular weight is 140 g/mol. The Labute approximate surface area is 61.4 Å². The maximum Gasteiger partial charge on any atom is 0.103 e. The Kier molecular flexibility index (Phi) is 2.25. The van der Waals surface area contributed by atoms with Gasteiger partial charge in [0.25, 0.3) is 0 Å². The van der Waals surface area contributed by atoms with Crippen molar-refractivity contribution in [1.82, 2.24) is 0 Å². The van der Waals surface area contributed by atoms with E-state index >= 15 is 0 Å². The highest BCUT2D eigenvalue weighted by Gasteiger charge is 2.11. The first kappa shape index (κ1) is 7.52. The highest BCUT2D eigenvalue weighted by atomic mass is 19.1. The van der Waals surface area contributed by atoms with E-state index in [-0.39, 0.29) is 11.7 Å². The van der Waals surface area contributed by atoms with Gasteiger partial charge >= 0.3 is 0 Å². The number of allylic oxidation sites excluding steroid dienone is 4. The van der Waals surface area contributed by atoms with Crippen LogP contribution in [-0.4, -0.2) is 0 Å². The first-order chi connectivity index (χ1) is 4.74. The maximum atomic E-state index is 12.8. The van der Waals surface area contributed by atoms with E-state index in [4.69, 9.17) is 0 Å². The van der Waals surface area contributed by atoms with Gasteiger partial charge in [-0.1, -0.05) is 19.9 Å². The van der Waals surface area contributed by atoms with Crippen molar-refractivity contribution >= 4 is 0 Å². The van der Waals surface area contributed by atoms with Gasteiger partial charge in [-0.05, 0) is 24.5 Å². The van der Waals surface area contributed by atoms with Crippen LogP contribution >= 0.6 is 0 Å². The predicted molar refractivity (Wildman–Crippen MR) is 41.3 cm³/mol. The molecule has 1 aliphatic carbocycles. The van der Waals surface area contributed by atoms with E-state index in [0.29, 0.717) is 0 Å². The first-order valence-corrected chi connectivity index (χ1v) is 3.80. The molecule has 0 nitrogen and oxygen atoms in total. The van der Waals surface area contributed by atoms with Crippen LogP contribution < -0.4 is 0 Å². The molecule has 0 N–H and O–H groups in total. The topological polar surface area (TPSA) is 0 Å². The summed E-state index contributed by atoms with van der Waals surface area (Å²) in [5.74, 6) is 0.148. The maximum absolute atomic E-state index is 12.8. The fraction of sp³-hybridized carbons (Fsp3) is 0.556. The van der Waals surface area contributed by atoms with E-state index < -0.39 is 0 Å². The van der Waals surface area contributed by atoms with Crippen molar-refractivity contribution in [2.75, 3.05) is 0 Å². The van der Waals surface area contributed by atoms with Gasteiger partial charge in [0.2, 0.25) is 0 Å². The molecule has 1 rings (SSSR count). The van der Waals surface area contributed by atoms with Crippen LogP contribution in [0.25, 0.3) is 0 Å². The van der Waals surface area contributed by atoms with Gasteiger partial charge < -0.3 is 0 Å². The van der Waals surface area contributed by atoms with E-state index in [0.717, 1.165) is 18.4 Å². The summed E-state index contributed by atoms with van der Waals surface area (Å²) < 4.78 is 12.8. The molecule has 56 valence electrons. The third-order valence-electron chi connectivity index (χ3n) is 1.94. The Morgan fingerprint density at radius 1 is 1.70 bits per heavy atom. The van der Waals surface area contributed by atoms with Crippen LogP contribution in [-0.2, 0) is 0 Å². The summed E-state index contributed by atoms with van der Waals surface area (Å²) in [5, 5.41) is 0. The van der Waals surface area contributed by atoms with Crippen molar-refractivity contribution in [1.29, 1.82) is 0 Å². The summed E-state index contributed by atoms with van der Waals surface area (Å²) in [6, 6.07) is 0. The molecule has 0 saturated heterocycles. The second-order valence-electron chi connectivity index (χ2n) is 2.80. The molecule has 0 aliphatic heterocycles. The normalized spacial score (nSPS) is 25.7. The van der Waals surface area contributed by atoms with Crippen LogP contribution in [0.2, 0.25) is 0 Å². The molecule has 0 heterocycles. The lowest BCUT2D eigenvalue weighted by Crippen LogP contribution is -1.99. The van der Waals surface area contributed by atoms with Crippen molar-refractivity contribution in [2.24, 2.45) is 5.92 Å². The Morgan fingerprint density at radius 3 is 2.90 bits per heavy atom. The predicted octanol–water partition coefficient (Wildman–Crippen LogP) is 3.22. The number of hydrogen-bond donors (Lipinski definition) is 0. The summed E-state index contributed by atoms with van der Waals surface area (Å²) in [6.45, 7) is 3.96. The molecule has 0 amide bonds. The van der Waals surface area contributed by atoms with E-state index in [1.54, 1.807) is 6.08 Å². The Hall–Kier alpha value is -0.590. The molecule has 0 aromatic heterocycles. The first-order valence-electron chi connectivity index (χ1n) is 3.80. The van der Waals surface area contributed by atoms with Gasteiger partial charge in [0.1, 0.15) is 5.83 Å². The van der Waals surface area contributed by atoms with Gasteiger partial charge in [0.05, 0.1) is 0 Å². The Balaban J connectivity index is 2.69. The summed E-state index contributed by atoms with van der Waals surface area (Å²) in [5.41, 5.74) is 1.13. The summed E-state index contributed by atoms with van der Waals surface area (Å²) in [6.07, 6.45) is 5.59. The molecule has 0 aromatic carbocycles. The lowest BCUT2D eigenvalue weighted by atomic mass is 9.96. The number of halogens is 1. The summed E-state index contributed by atoms with van der Waals surface area (Å²) >= 11 is 0. The van der Waals surface area contributed by atoms with Crippen molar-refractivity contribution < 1.29 is 4.39 Å². The highest BCUT2D eigenvalue weighted by Crippen LogP contribution is 2.25. The van der Waals surface area contributed by atoms with Crippen LogP contribution in [0.3, 0.4) is 0 Å². The van der Waals surface area contributed by atoms with Crippen LogP contribution in [0, 0.1) is 5.92 Å². The van der Waals surface area contributed by atoms with Crippen molar-refractivity contribution in [3.63, 3.8) is 0 Å². The molecule has 0 saturated carbocycles. The molecular formula is C9H13F. The minimum Gasteiger partial charge on any atom is -0.212 e. The SMILES string of the molecule is CCC1=CCC(C)C(F)=C1. The lowest BCUT2D eigenvalue weighted by Gasteiger charge is -2.12. The van der Waals surface area contributed by atoms with Gasteiger partial charge in [0, 0.05) is 5.92 Å². The summed E-state index contributed by atoms with van der Waals surface area (Å²) in [4.78, 5) is 0. The molecule has 10 heavy (non-hydrogen) atoms. The Morgan fingerprint density at radius 2 is 2.40 bits per heavy atom. The highest BCUT2D eigenvalue weighted by molar-refractivity contribution is 5.25. The third kappa shape index (κ3) is 1.47. The minimum absolute atomic E-state index is 0.0411. The van der Waals surface area contributed by atoms with Crippen molar-refractivity contribution in [3.8, 4) is 0 Å². The fourth-order valence-corrected chi connectivity index (χ4v) is 1.07. The molecule has 0 fully saturated rings. The van der Waals surface area contributed by atoms with E-state index in [2.05, 4.69) is 6.08 Å².